The zero-order valence-corrected chi connectivity index (χ0v) is 17.5. The maximum Gasteiger partial charge on any atom is 0.341 e. The Hall–Kier alpha value is -1.41. The Morgan fingerprint density at radius 1 is 1.36 bits per heavy atom. The molecule has 0 aromatic carbocycles. The molecule has 0 unspecified atom stereocenters. The van der Waals surface area contributed by atoms with Crippen LogP contribution in [-0.2, 0) is 26.7 Å². The summed E-state index contributed by atoms with van der Waals surface area (Å²) in [5.41, 5.74) is 8.25. The molecule has 0 aliphatic carbocycles. The van der Waals surface area contributed by atoms with Gasteiger partial charge in [-0.1, -0.05) is 6.07 Å². The van der Waals surface area contributed by atoms with Crippen molar-refractivity contribution in [2.45, 2.75) is 51.5 Å². The molecule has 8 heteroatoms. The lowest BCUT2D eigenvalue weighted by atomic mass is 10.1. The van der Waals surface area contributed by atoms with E-state index >= 15 is 0 Å². The normalized spacial score (nSPS) is 14.4. The fourth-order valence-electron chi connectivity index (χ4n) is 3.32. The van der Waals surface area contributed by atoms with Crippen LogP contribution in [0.4, 0.5) is 5.82 Å². The predicted molar refractivity (Wildman–Crippen MR) is 111 cm³/mol. The number of hydrogen-bond acceptors (Lipinski definition) is 7. The van der Waals surface area contributed by atoms with Crippen LogP contribution in [0.2, 0.25) is 0 Å². The number of aromatic nitrogens is 1. The Labute approximate surface area is 173 Å². The Morgan fingerprint density at radius 2 is 2.21 bits per heavy atom. The summed E-state index contributed by atoms with van der Waals surface area (Å²) in [5, 5.41) is 3.39. The molecule has 0 spiro atoms. The van der Waals surface area contributed by atoms with Crippen LogP contribution in [-0.4, -0.2) is 61.3 Å². The second kappa shape index (κ2) is 12.9. The number of aryl methyl sites for hydroxylation is 2. The number of ether oxygens (including phenoxy) is 1. The van der Waals surface area contributed by atoms with Gasteiger partial charge < -0.3 is 25.0 Å². The van der Waals surface area contributed by atoms with Gasteiger partial charge in [0.25, 0.3) is 0 Å². The number of anilines is 1. The van der Waals surface area contributed by atoms with Crippen molar-refractivity contribution in [3.63, 3.8) is 0 Å². The first kappa shape index (κ1) is 22.9. The number of pyridine rings is 1. The highest BCUT2D eigenvalue weighted by molar-refractivity contribution is 6.13. The largest absolute Gasteiger partial charge is 0.380 e. The summed E-state index contributed by atoms with van der Waals surface area (Å²) >= 11 is 5.10. The van der Waals surface area contributed by atoms with Gasteiger partial charge in [-0.15, -0.1) is 0 Å². The number of nitrogens with one attached hydrogen (secondary N) is 1. The summed E-state index contributed by atoms with van der Waals surface area (Å²) in [6.45, 7) is 6.82. The molecule has 0 fully saturated rings. The standard InChI is InChI=1S/C20H33ClN4O3/c1-2-27-15-14-25(13-10-18(22)20(26)28-21)12-4-3-7-17-9-8-16-6-5-11-23-19(16)24-17/h8-9,18H,2-7,10-15,22H2,1H3,(H,23,24)/t18-/m0/s1. The minimum Gasteiger partial charge on any atom is -0.380 e. The van der Waals surface area contributed by atoms with Crippen LogP contribution in [0.5, 0.6) is 0 Å². The number of unbranched alkanes of at least 4 members (excludes halogenated alkanes) is 1. The molecule has 2 heterocycles. The third-order valence-electron chi connectivity index (χ3n) is 5.00. The molecule has 0 bridgehead atoms. The maximum absolute atomic E-state index is 11.4. The number of carbonyl (C=O) groups excluding carboxylic acids is 1. The summed E-state index contributed by atoms with van der Waals surface area (Å²) in [4.78, 5) is 18.4. The molecule has 1 aromatic heterocycles. The van der Waals surface area contributed by atoms with Gasteiger partial charge in [-0.2, -0.15) is 0 Å². The lowest BCUT2D eigenvalue weighted by Crippen LogP contribution is -2.37. The van der Waals surface area contributed by atoms with Crippen LogP contribution in [0.1, 0.15) is 43.9 Å². The van der Waals surface area contributed by atoms with Crippen molar-refractivity contribution in [3.8, 4) is 0 Å². The maximum atomic E-state index is 11.4. The van der Waals surface area contributed by atoms with Crippen molar-refractivity contribution in [1.82, 2.24) is 9.88 Å². The summed E-state index contributed by atoms with van der Waals surface area (Å²) in [6, 6.07) is 3.66. The summed E-state index contributed by atoms with van der Waals surface area (Å²) in [5.74, 6) is 0.473. The predicted octanol–water partition coefficient (Wildman–Crippen LogP) is 2.52. The lowest BCUT2D eigenvalue weighted by molar-refractivity contribution is -0.135. The monoisotopic (exact) mass is 412 g/mol. The minimum atomic E-state index is -0.695. The van der Waals surface area contributed by atoms with Crippen molar-refractivity contribution in [2.75, 3.05) is 44.7 Å². The van der Waals surface area contributed by atoms with Crippen molar-refractivity contribution >= 4 is 23.7 Å². The van der Waals surface area contributed by atoms with Crippen molar-refractivity contribution in [1.29, 1.82) is 0 Å². The number of halogens is 1. The number of rotatable bonds is 13. The van der Waals surface area contributed by atoms with E-state index < -0.39 is 12.0 Å². The molecule has 0 amide bonds. The van der Waals surface area contributed by atoms with Gasteiger partial charge in [-0.3, -0.25) is 0 Å². The average molecular weight is 413 g/mol. The molecule has 158 valence electrons. The van der Waals surface area contributed by atoms with E-state index in [1.807, 2.05) is 6.92 Å². The van der Waals surface area contributed by atoms with E-state index in [9.17, 15) is 4.79 Å². The van der Waals surface area contributed by atoms with Crippen LogP contribution in [0.15, 0.2) is 12.1 Å². The Balaban J connectivity index is 1.74. The van der Waals surface area contributed by atoms with E-state index in [1.165, 1.54) is 12.0 Å². The van der Waals surface area contributed by atoms with Crippen LogP contribution < -0.4 is 11.1 Å². The fourth-order valence-corrected chi connectivity index (χ4v) is 3.43. The number of hydrogen-bond donors (Lipinski definition) is 2. The SMILES string of the molecule is CCOCCN(CCCCc1ccc2c(n1)NCCC2)CC[C@H](N)C(=O)OCl. The van der Waals surface area contributed by atoms with E-state index in [1.54, 1.807) is 0 Å². The van der Waals surface area contributed by atoms with Gasteiger partial charge in [-0.25, -0.2) is 9.78 Å². The van der Waals surface area contributed by atoms with Gasteiger partial charge in [0, 0.05) is 31.9 Å². The molecule has 1 atom stereocenters. The number of fused-ring (bicyclic) bond motifs is 1. The van der Waals surface area contributed by atoms with Crippen molar-refractivity contribution in [3.05, 3.63) is 23.4 Å². The first-order valence-electron chi connectivity index (χ1n) is 10.2. The highest BCUT2D eigenvalue weighted by atomic mass is 35.5. The molecular weight excluding hydrogens is 380 g/mol. The van der Waals surface area contributed by atoms with E-state index in [2.05, 4.69) is 26.6 Å². The molecule has 0 saturated heterocycles. The highest BCUT2D eigenvalue weighted by Crippen LogP contribution is 2.20. The van der Waals surface area contributed by atoms with Gasteiger partial charge in [0.05, 0.1) is 6.61 Å². The van der Waals surface area contributed by atoms with Gasteiger partial charge >= 0.3 is 5.97 Å². The first-order chi connectivity index (χ1) is 13.6. The molecule has 3 N–H and O–H groups in total. The lowest BCUT2D eigenvalue weighted by Gasteiger charge is -2.23. The van der Waals surface area contributed by atoms with Crippen LogP contribution in [0.3, 0.4) is 0 Å². The molecule has 1 aliphatic rings. The number of nitrogens with zero attached hydrogens (tertiary/aromatic N) is 2. The van der Waals surface area contributed by atoms with E-state index in [0.717, 1.165) is 56.8 Å². The quantitative estimate of drug-likeness (QED) is 0.481. The fraction of sp³-hybridized carbons (Fsp3) is 0.700. The third-order valence-corrected chi connectivity index (χ3v) is 5.15. The van der Waals surface area contributed by atoms with Crippen molar-refractivity contribution in [2.24, 2.45) is 5.73 Å². The molecule has 1 aromatic rings. The van der Waals surface area contributed by atoms with E-state index in [4.69, 9.17) is 27.3 Å². The summed E-state index contributed by atoms with van der Waals surface area (Å²) in [7, 11) is 0. The topological polar surface area (TPSA) is 89.7 Å². The van der Waals surface area contributed by atoms with Gasteiger partial charge in [0.15, 0.2) is 0 Å². The summed E-state index contributed by atoms with van der Waals surface area (Å²) in [6.07, 6.45) is 5.88. The van der Waals surface area contributed by atoms with E-state index in [-0.39, 0.29) is 0 Å². The molecular formula is C20H33ClN4O3. The van der Waals surface area contributed by atoms with Gasteiger partial charge in [-0.05, 0) is 63.6 Å². The molecule has 2 rings (SSSR count). The van der Waals surface area contributed by atoms with E-state index in [0.29, 0.717) is 26.2 Å². The Bertz CT molecular complexity index is 603. The van der Waals surface area contributed by atoms with Crippen molar-refractivity contribution < 1.29 is 13.8 Å². The van der Waals surface area contributed by atoms with Crippen LogP contribution in [0.25, 0.3) is 0 Å². The Kier molecular flexibility index (Phi) is 10.6. The van der Waals surface area contributed by atoms with Gasteiger partial charge in [0.1, 0.15) is 23.7 Å². The third kappa shape index (κ3) is 7.91. The molecule has 0 saturated carbocycles. The summed E-state index contributed by atoms with van der Waals surface area (Å²) < 4.78 is 9.65. The van der Waals surface area contributed by atoms with Gasteiger partial charge in [0.2, 0.25) is 0 Å². The van der Waals surface area contributed by atoms with Crippen LogP contribution >= 0.6 is 11.9 Å². The molecule has 7 nitrogen and oxygen atoms in total. The highest BCUT2D eigenvalue weighted by Gasteiger charge is 2.16. The zero-order chi connectivity index (χ0) is 20.2. The molecule has 0 radical (unpaired) electrons. The minimum absolute atomic E-state index is 0.510. The van der Waals surface area contributed by atoms with Crippen LogP contribution in [0, 0.1) is 0 Å². The number of carbonyl (C=O) groups is 1. The average Bonchev–Trinajstić information content (AvgIpc) is 2.73. The number of nitrogens with two attached hydrogens (primary N) is 1. The Morgan fingerprint density at radius 3 is 3.00 bits per heavy atom. The zero-order valence-electron chi connectivity index (χ0n) is 16.8. The first-order valence-corrected chi connectivity index (χ1v) is 10.6. The molecule has 1 aliphatic heterocycles. The molecule has 28 heavy (non-hydrogen) atoms. The second-order valence-electron chi connectivity index (χ2n) is 7.13. The smallest absolute Gasteiger partial charge is 0.341 e. The second-order valence-corrected chi connectivity index (χ2v) is 7.28.